The van der Waals surface area contributed by atoms with Gasteiger partial charge in [-0.3, -0.25) is 4.98 Å². The van der Waals surface area contributed by atoms with Crippen LogP contribution in [0.25, 0.3) is 77.8 Å². The summed E-state index contributed by atoms with van der Waals surface area (Å²) in [6, 6.07) is 44.6. The molecule has 5 aromatic carbocycles. The van der Waals surface area contributed by atoms with E-state index < -0.39 is 0 Å². The van der Waals surface area contributed by atoms with E-state index in [1.54, 1.807) is 0 Å². The predicted molar refractivity (Wildman–Crippen MR) is 235 cm³/mol. The van der Waals surface area contributed by atoms with Crippen molar-refractivity contribution in [1.29, 1.82) is 0 Å². The third kappa shape index (κ3) is 7.05. The van der Waals surface area contributed by atoms with Crippen LogP contribution < -0.4 is 0 Å². The van der Waals surface area contributed by atoms with E-state index in [1.807, 2.05) is 36.4 Å². The molecule has 0 aliphatic rings. The number of H-pyrrole nitrogens is 1. The van der Waals surface area contributed by atoms with Gasteiger partial charge in [-0.1, -0.05) is 141 Å². The van der Waals surface area contributed by atoms with Gasteiger partial charge in [-0.05, 0) is 98.2 Å². The Bertz CT molecular complexity index is 2740. The maximum absolute atomic E-state index is 15.4. The van der Waals surface area contributed by atoms with Crippen LogP contribution in [0.15, 0.2) is 134 Å². The number of hydrogen-bond acceptors (Lipinski definition) is 2. The second-order valence-corrected chi connectivity index (χ2v) is 18.3. The van der Waals surface area contributed by atoms with Crippen molar-refractivity contribution in [1.82, 2.24) is 15.0 Å². The minimum Gasteiger partial charge on any atom is -0.353 e. The van der Waals surface area contributed by atoms with Crippen LogP contribution in [0.1, 0.15) is 79.0 Å². The van der Waals surface area contributed by atoms with Gasteiger partial charge in [0.2, 0.25) is 0 Å². The smallest absolute Gasteiger partial charge is 0.149 e. The lowest BCUT2D eigenvalue weighted by atomic mass is 9.83. The Labute approximate surface area is 330 Å². The average molecular weight is 736 g/mol. The van der Waals surface area contributed by atoms with Gasteiger partial charge in [-0.15, -0.1) is 0 Å². The first kappa shape index (κ1) is 37.1. The van der Waals surface area contributed by atoms with E-state index in [2.05, 4.69) is 158 Å². The summed E-state index contributed by atoms with van der Waals surface area (Å²) in [5.74, 6) is -0.342. The Morgan fingerprint density at radius 2 is 0.946 bits per heavy atom. The summed E-state index contributed by atoms with van der Waals surface area (Å²) in [5, 5.41) is 2.24. The van der Waals surface area contributed by atoms with E-state index in [1.165, 1.54) is 22.9 Å². The number of aromatic nitrogens is 3. The number of nitrogens with zero attached hydrogens (tertiary/aromatic N) is 2. The lowest BCUT2D eigenvalue weighted by molar-refractivity contribution is 0.590. The number of fused-ring (bicyclic) bond motifs is 3. The number of aromatic amines is 1. The highest BCUT2D eigenvalue weighted by atomic mass is 19.1. The number of rotatable bonds is 5. The molecule has 56 heavy (non-hydrogen) atoms. The monoisotopic (exact) mass is 735 g/mol. The highest BCUT2D eigenvalue weighted by molar-refractivity contribution is 6.16. The number of benzene rings is 5. The van der Waals surface area contributed by atoms with Crippen molar-refractivity contribution in [3.05, 3.63) is 156 Å². The second-order valence-electron chi connectivity index (χ2n) is 18.3. The molecular weight excluding hydrogens is 686 g/mol. The predicted octanol–water partition coefficient (Wildman–Crippen LogP) is 14.5. The molecule has 0 unspecified atom stereocenters. The van der Waals surface area contributed by atoms with Gasteiger partial charge in [0.15, 0.2) is 0 Å². The second kappa shape index (κ2) is 13.7. The van der Waals surface area contributed by atoms with E-state index in [0.717, 1.165) is 72.3 Å². The number of halogens is 1. The highest BCUT2D eigenvalue weighted by Crippen LogP contribution is 2.43. The molecule has 8 aromatic rings. The lowest BCUT2D eigenvalue weighted by Crippen LogP contribution is -2.11. The summed E-state index contributed by atoms with van der Waals surface area (Å²) in [6.07, 6.45) is 1.36. The van der Waals surface area contributed by atoms with E-state index in [9.17, 15) is 0 Å². The summed E-state index contributed by atoms with van der Waals surface area (Å²) in [4.78, 5) is 14.1. The first-order valence-electron chi connectivity index (χ1n) is 19.6. The molecule has 1 N–H and O–H groups in total. The van der Waals surface area contributed by atoms with Gasteiger partial charge in [-0.2, -0.15) is 0 Å². The van der Waals surface area contributed by atoms with Gasteiger partial charge in [-0.25, -0.2) is 9.37 Å². The number of nitrogens with one attached hydrogen (secondary N) is 1. The van der Waals surface area contributed by atoms with E-state index in [4.69, 9.17) is 9.97 Å². The Balaban J connectivity index is 1.44. The molecular formula is C52H50FN3. The molecule has 3 aromatic heterocycles. The van der Waals surface area contributed by atoms with Crippen molar-refractivity contribution in [2.45, 2.75) is 78.6 Å². The number of hydrogen-bond donors (Lipinski definition) is 1. The van der Waals surface area contributed by atoms with Gasteiger partial charge < -0.3 is 4.98 Å². The molecule has 0 atom stereocenters. The van der Waals surface area contributed by atoms with Gasteiger partial charge in [0.25, 0.3) is 0 Å². The summed E-state index contributed by atoms with van der Waals surface area (Å²) < 4.78 is 15.4. The van der Waals surface area contributed by atoms with Gasteiger partial charge in [0, 0.05) is 33.0 Å². The zero-order valence-electron chi connectivity index (χ0n) is 34.0. The fraction of sp³-hybridized carbons (Fsp3) is 0.231. The molecule has 0 amide bonds. The molecule has 0 bridgehead atoms. The summed E-state index contributed by atoms with van der Waals surface area (Å²) >= 11 is 0. The number of pyridine rings is 2. The lowest BCUT2D eigenvalue weighted by Gasteiger charge is -2.22. The highest BCUT2D eigenvalue weighted by Gasteiger charge is 2.25. The third-order valence-electron chi connectivity index (χ3n) is 11.0. The largest absolute Gasteiger partial charge is 0.353 e. The van der Waals surface area contributed by atoms with E-state index >= 15 is 4.39 Å². The molecule has 0 spiro atoms. The van der Waals surface area contributed by atoms with Crippen LogP contribution in [0.2, 0.25) is 0 Å². The molecule has 0 fully saturated rings. The first-order chi connectivity index (χ1) is 26.5. The minimum atomic E-state index is -0.342. The zero-order chi connectivity index (χ0) is 39.6. The van der Waals surface area contributed by atoms with Crippen LogP contribution in [-0.4, -0.2) is 15.0 Å². The van der Waals surface area contributed by atoms with Gasteiger partial charge >= 0.3 is 0 Å². The molecule has 0 aliphatic carbocycles. The topological polar surface area (TPSA) is 41.6 Å². The van der Waals surface area contributed by atoms with Crippen LogP contribution in [0.3, 0.4) is 0 Å². The normalized spacial score (nSPS) is 12.5. The third-order valence-corrected chi connectivity index (χ3v) is 11.0. The molecule has 3 heterocycles. The SMILES string of the molecule is CC(C)(C)c1cccc(-c2cc(-c3ccccc3)cc(-c3cc(C(C)(C)C)cc4c3[nH]c3c(-c5cc(-c6ccccc6)c(F)cn5)cc(C(C)(C)C)cc34)n2)c1. The summed E-state index contributed by atoms with van der Waals surface area (Å²) in [7, 11) is 0. The Morgan fingerprint density at radius 1 is 0.429 bits per heavy atom. The Kier molecular flexibility index (Phi) is 9.07. The molecule has 4 heteroatoms. The fourth-order valence-corrected chi connectivity index (χ4v) is 7.56. The minimum absolute atomic E-state index is 0.00169. The van der Waals surface area contributed by atoms with E-state index in [0.29, 0.717) is 5.56 Å². The maximum atomic E-state index is 15.4. The quantitative estimate of drug-likeness (QED) is 0.191. The maximum Gasteiger partial charge on any atom is 0.149 e. The molecule has 280 valence electrons. The molecule has 0 saturated heterocycles. The summed E-state index contributed by atoms with van der Waals surface area (Å²) in [6.45, 7) is 20.3. The van der Waals surface area contributed by atoms with Crippen molar-refractivity contribution < 1.29 is 4.39 Å². The average Bonchev–Trinajstić information content (AvgIpc) is 3.56. The van der Waals surface area contributed by atoms with Crippen molar-refractivity contribution in [3.63, 3.8) is 0 Å². The van der Waals surface area contributed by atoms with E-state index in [-0.39, 0.29) is 22.1 Å². The standard InChI is InChI=1S/C52H50FN3/c1-50(2,3)36-22-16-21-34(23-36)45-24-35(32-17-12-10-13-18-32)25-47(55-45)43-29-38(52(7,8)9)27-41-40-26-37(51(4,5)6)28-42(48(40)56-49(41)43)46-30-39(44(53)31-54-46)33-19-14-11-15-20-33/h10-31,56H,1-9H3. The molecule has 3 nitrogen and oxygen atoms in total. The first-order valence-corrected chi connectivity index (χ1v) is 19.6. The fourth-order valence-electron chi connectivity index (χ4n) is 7.56. The Hall–Kier alpha value is -5.87. The molecule has 0 saturated carbocycles. The van der Waals surface area contributed by atoms with Crippen LogP contribution >= 0.6 is 0 Å². The molecule has 0 radical (unpaired) electrons. The molecule has 8 rings (SSSR count). The van der Waals surface area contributed by atoms with Crippen molar-refractivity contribution in [2.75, 3.05) is 0 Å². The Morgan fingerprint density at radius 3 is 1.52 bits per heavy atom. The van der Waals surface area contributed by atoms with Gasteiger partial charge in [0.1, 0.15) is 5.82 Å². The van der Waals surface area contributed by atoms with Crippen LogP contribution in [-0.2, 0) is 16.2 Å². The van der Waals surface area contributed by atoms with Crippen molar-refractivity contribution in [2.24, 2.45) is 0 Å². The zero-order valence-corrected chi connectivity index (χ0v) is 34.0. The van der Waals surface area contributed by atoms with Crippen LogP contribution in [0.5, 0.6) is 0 Å². The van der Waals surface area contributed by atoms with Crippen molar-refractivity contribution >= 4 is 21.8 Å². The summed E-state index contributed by atoms with van der Waals surface area (Å²) in [5.41, 5.74) is 14.6. The molecule has 0 aliphatic heterocycles. The van der Waals surface area contributed by atoms with Gasteiger partial charge in [0.05, 0.1) is 34.3 Å². The van der Waals surface area contributed by atoms with Crippen molar-refractivity contribution in [3.8, 4) is 56.0 Å². The van der Waals surface area contributed by atoms with Crippen LogP contribution in [0.4, 0.5) is 4.39 Å². The van der Waals surface area contributed by atoms with Crippen LogP contribution in [0, 0.1) is 5.82 Å².